The van der Waals surface area contributed by atoms with Crippen molar-refractivity contribution >= 4 is 6.09 Å². The maximum absolute atomic E-state index is 10.3. The number of amides is 1. The fourth-order valence-corrected chi connectivity index (χ4v) is 0.856. The van der Waals surface area contributed by atoms with Gasteiger partial charge < -0.3 is 16.7 Å². The number of rotatable bonds is 0. The Morgan fingerprint density at radius 2 is 2.00 bits per heavy atom. The van der Waals surface area contributed by atoms with Crippen molar-refractivity contribution in [2.75, 3.05) is 26.2 Å². The Morgan fingerprint density at radius 3 is 2.30 bits per heavy atom. The van der Waals surface area contributed by atoms with E-state index in [4.69, 9.17) is 5.11 Å². The summed E-state index contributed by atoms with van der Waals surface area (Å²) < 4.78 is 0. The minimum absolute atomic E-state index is 0. The van der Waals surface area contributed by atoms with Gasteiger partial charge in [0.25, 0.3) is 0 Å². The van der Waals surface area contributed by atoms with Gasteiger partial charge in [0.05, 0.1) is 0 Å². The number of carboxylic acid groups (broad SMARTS) is 1. The summed E-state index contributed by atoms with van der Waals surface area (Å²) in [7, 11) is 0. The molecule has 1 aliphatic rings. The first-order valence-corrected chi connectivity index (χ1v) is 2.99. The first-order valence-electron chi connectivity index (χ1n) is 2.99. The molecule has 0 saturated carbocycles. The molecule has 54 valence electrons. The van der Waals surface area contributed by atoms with E-state index in [0.717, 1.165) is 13.1 Å². The predicted molar refractivity (Wildman–Crippen MR) is 33.6 cm³/mol. The van der Waals surface area contributed by atoms with Crippen LogP contribution in [0.5, 0.6) is 0 Å². The third-order valence-electron chi connectivity index (χ3n) is 1.39. The van der Waals surface area contributed by atoms with Crippen LogP contribution in [0.2, 0.25) is 0 Å². The van der Waals surface area contributed by atoms with Gasteiger partial charge in [-0.15, -0.1) is 0 Å². The maximum atomic E-state index is 10.3. The Labute approximate surface area is 104 Å². The standard InChI is InChI=1S/C5H10N2O2.K.H/c8-5(9)7-3-1-6-2-4-7;;/h6H,1-4H2,(H,8,9);;/q;+1;-1. The van der Waals surface area contributed by atoms with Crippen molar-refractivity contribution in [1.29, 1.82) is 0 Å². The first kappa shape index (κ1) is 10.9. The molecule has 10 heavy (non-hydrogen) atoms. The molecule has 1 fully saturated rings. The van der Waals surface area contributed by atoms with Crippen LogP contribution in [0.4, 0.5) is 4.79 Å². The Balaban J connectivity index is 0. The fourth-order valence-electron chi connectivity index (χ4n) is 0.856. The largest absolute Gasteiger partial charge is 1.00 e. The molecule has 1 amide bonds. The average Bonchev–Trinajstić information content (AvgIpc) is 1.90. The van der Waals surface area contributed by atoms with Crippen molar-refractivity contribution in [2.24, 2.45) is 0 Å². The summed E-state index contributed by atoms with van der Waals surface area (Å²) in [6.07, 6.45) is -0.809. The van der Waals surface area contributed by atoms with E-state index in [2.05, 4.69) is 5.32 Å². The summed E-state index contributed by atoms with van der Waals surface area (Å²) in [6, 6.07) is 0. The minimum Gasteiger partial charge on any atom is -1.00 e. The predicted octanol–water partition coefficient (Wildman–Crippen LogP) is -3.31. The molecule has 0 aromatic rings. The van der Waals surface area contributed by atoms with Crippen molar-refractivity contribution in [3.05, 3.63) is 0 Å². The molecule has 1 heterocycles. The number of carbonyl (C=O) groups is 1. The van der Waals surface area contributed by atoms with Gasteiger partial charge in [-0.2, -0.15) is 0 Å². The van der Waals surface area contributed by atoms with Crippen LogP contribution in [-0.4, -0.2) is 42.3 Å². The molecule has 0 bridgehead atoms. The summed E-state index contributed by atoms with van der Waals surface area (Å²) in [5, 5.41) is 11.5. The van der Waals surface area contributed by atoms with Crippen LogP contribution in [0, 0.1) is 0 Å². The Kier molecular flexibility index (Phi) is 5.99. The molecule has 0 aromatic carbocycles. The molecular formula is C5H11KN2O2. The van der Waals surface area contributed by atoms with Crippen molar-refractivity contribution < 1.29 is 62.7 Å². The van der Waals surface area contributed by atoms with E-state index in [1.807, 2.05) is 0 Å². The number of hydrogen-bond donors (Lipinski definition) is 2. The Bertz CT molecular complexity index is 119. The van der Waals surface area contributed by atoms with E-state index in [1.165, 1.54) is 4.90 Å². The molecule has 4 nitrogen and oxygen atoms in total. The number of piperazine rings is 1. The number of nitrogens with one attached hydrogen (secondary N) is 1. The SMILES string of the molecule is O=C(O)N1CCNCC1.[H-].[K+]. The second-order valence-corrected chi connectivity index (χ2v) is 2.02. The van der Waals surface area contributed by atoms with Crippen LogP contribution in [0.25, 0.3) is 0 Å². The molecule has 1 rings (SSSR count). The Morgan fingerprint density at radius 1 is 1.50 bits per heavy atom. The number of nitrogens with zero attached hydrogens (tertiary/aromatic N) is 1. The van der Waals surface area contributed by atoms with E-state index in [-0.39, 0.29) is 52.8 Å². The van der Waals surface area contributed by atoms with Crippen molar-refractivity contribution in [3.8, 4) is 0 Å². The van der Waals surface area contributed by atoms with Gasteiger partial charge in [-0.1, -0.05) is 0 Å². The van der Waals surface area contributed by atoms with Gasteiger partial charge in [-0.25, -0.2) is 4.79 Å². The van der Waals surface area contributed by atoms with Gasteiger partial charge in [0, 0.05) is 26.2 Å². The topological polar surface area (TPSA) is 52.6 Å². The van der Waals surface area contributed by atoms with E-state index >= 15 is 0 Å². The molecular weight excluding hydrogens is 159 g/mol. The Hall–Kier alpha value is 0.866. The normalized spacial score (nSPS) is 17.8. The average molecular weight is 170 g/mol. The zero-order valence-electron chi connectivity index (χ0n) is 7.13. The number of hydrogen-bond acceptors (Lipinski definition) is 2. The molecule has 0 spiro atoms. The quantitative estimate of drug-likeness (QED) is 0.374. The summed E-state index contributed by atoms with van der Waals surface area (Å²) in [5.74, 6) is 0. The fraction of sp³-hybridized carbons (Fsp3) is 0.800. The van der Waals surface area contributed by atoms with Gasteiger partial charge in [0.1, 0.15) is 0 Å². The molecule has 0 aliphatic carbocycles. The van der Waals surface area contributed by atoms with Gasteiger partial charge in [0.15, 0.2) is 0 Å². The van der Waals surface area contributed by atoms with Crippen molar-refractivity contribution in [1.82, 2.24) is 10.2 Å². The molecule has 0 atom stereocenters. The second kappa shape index (κ2) is 5.51. The van der Waals surface area contributed by atoms with E-state index in [1.54, 1.807) is 0 Å². The van der Waals surface area contributed by atoms with E-state index in [0.29, 0.717) is 13.1 Å². The van der Waals surface area contributed by atoms with Crippen LogP contribution in [0.1, 0.15) is 1.43 Å². The smallest absolute Gasteiger partial charge is 1.00 e. The molecule has 0 unspecified atom stereocenters. The monoisotopic (exact) mass is 170 g/mol. The van der Waals surface area contributed by atoms with Crippen LogP contribution in [0.15, 0.2) is 0 Å². The van der Waals surface area contributed by atoms with Gasteiger partial charge in [-0.3, -0.25) is 0 Å². The zero-order chi connectivity index (χ0) is 6.69. The molecule has 2 N–H and O–H groups in total. The molecule has 1 aliphatic heterocycles. The van der Waals surface area contributed by atoms with Crippen molar-refractivity contribution in [2.45, 2.75) is 0 Å². The van der Waals surface area contributed by atoms with Crippen LogP contribution in [0.3, 0.4) is 0 Å². The third-order valence-corrected chi connectivity index (χ3v) is 1.39. The molecule has 1 saturated heterocycles. The third kappa shape index (κ3) is 3.31. The first-order chi connectivity index (χ1) is 4.30. The second-order valence-electron chi connectivity index (χ2n) is 2.02. The summed E-state index contributed by atoms with van der Waals surface area (Å²) in [5.41, 5.74) is 0. The van der Waals surface area contributed by atoms with Gasteiger partial charge >= 0.3 is 57.5 Å². The molecule has 0 aromatic heterocycles. The minimum atomic E-state index is -0.809. The van der Waals surface area contributed by atoms with Gasteiger partial charge in [-0.05, 0) is 0 Å². The summed E-state index contributed by atoms with van der Waals surface area (Å²) in [4.78, 5) is 11.7. The molecule has 0 radical (unpaired) electrons. The summed E-state index contributed by atoms with van der Waals surface area (Å²) in [6.45, 7) is 2.81. The van der Waals surface area contributed by atoms with Crippen LogP contribution in [-0.2, 0) is 0 Å². The summed E-state index contributed by atoms with van der Waals surface area (Å²) >= 11 is 0. The molecule has 5 heteroatoms. The van der Waals surface area contributed by atoms with Crippen LogP contribution >= 0.6 is 0 Å². The van der Waals surface area contributed by atoms with Gasteiger partial charge in [0.2, 0.25) is 0 Å². The van der Waals surface area contributed by atoms with E-state index < -0.39 is 6.09 Å². The van der Waals surface area contributed by atoms with Crippen molar-refractivity contribution in [3.63, 3.8) is 0 Å². The zero-order valence-corrected chi connectivity index (χ0v) is 9.25. The van der Waals surface area contributed by atoms with Crippen LogP contribution < -0.4 is 56.7 Å². The maximum Gasteiger partial charge on any atom is 1.00 e. The van der Waals surface area contributed by atoms with E-state index in [9.17, 15) is 4.79 Å².